The van der Waals surface area contributed by atoms with Crippen molar-refractivity contribution in [2.24, 2.45) is 0 Å². The van der Waals surface area contributed by atoms with Crippen molar-refractivity contribution in [1.29, 1.82) is 0 Å². The second-order valence-electron chi connectivity index (χ2n) is 3.17. The van der Waals surface area contributed by atoms with E-state index in [4.69, 9.17) is 11.6 Å². The van der Waals surface area contributed by atoms with Crippen LogP contribution in [-0.2, 0) is 4.74 Å². The van der Waals surface area contributed by atoms with Crippen LogP contribution in [0.5, 0.6) is 5.75 Å². The molecule has 0 atom stereocenters. The van der Waals surface area contributed by atoms with Gasteiger partial charge in [-0.25, -0.2) is 4.79 Å². The maximum Gasteiger partial charge on any atom is 0.341 e. The van der Waals surface area contributed by atoms with Gasteiger partial charge in [-0.3, -0.25) is 4.98 Å². The maximum absolute atomic E-state index is 11.3. The van der Waals surface area contributed by atoms with E-state index in [0.717, 1.165) is 0 Å². The number of methoxy groups -OCH3 is 1. The second-order valence-corrected chi connectivity index (χ2v) is 3.58. The van der Waals surface area contributed by atoms with Gasteiger partial charge in [0.2, 0.25) is 0 Å². The topological polar surface area (TPSA) is 59.4 Å². The Kier molecular flexibility index (Phi) is 2.66. The Bertz CT molecular complexity index is 568. The molecule has 0 radical (unpaired) electrons. The summed E-state index contributed by atoms with van der Waals surface area (Å²) in [5, 5.41) is 10.7. The van der Waals surface area contributed by atoms with Crippen LogP contribution < -0.4 is 0 Å². The largest absolute Gasteiger partial charge is 0.507 e. The highest BCUT2D eigenvalue weighted by atomic mass is 35.5. The van der Waals surface area contributed by atoms with Crippen molar-refractivity contribution < 1.29 is 14.6 Å². The van der Waals surface area contributed by atoms with E-state index in [-0.39, 0.29) is 11.3 Å². The monoisotopic (exact) mass is 237 g/mol. The third-order valence-electron chi connectivity index (χ3n) is 2.21. The Morgan fingerprint density at radius 1 is 1.50 bits per heavy atom. The molecule has 2 aromatic rings. The lowest BCUT2D eigenvalue weighted by Crippen LogP contribution is -2.01. The average molecular weight is 238 g/mol. The van der Waals surface area contributed by atoms with E-state index in [1.54, 1.807) is 6.07 Å². The number of hydrogen-bond donors (Lipinski definition) is 1. The highest BCUT2D eigenvalue weighted by molar-refractivity contribution is 6.35. The molecule has 0 amide bonds. The first kappa shape index (κ1) is 10.7. The molecular formula is C11H8ClNO3. The Morgan fingerprint density at radius 2 is 2.25 bits per heavy atom. The van der Waals surface area contributed by atoms with E-state index in [0.29, 0.717) is 15.9 Å². The molecule has 0 saturated carbocycles. The fourth-order valence-corrected chi connectivity index (χ4v) is 1.63. The molecule has 0 saturated heterocycles. The molecule has 0 aliphatic rings. The van der Waals surface area contributed by atoms with Crippen molar-refractivity contribution in [3.05, 3.63) is 35.0 Å². The third kappa shape index (κ3) is 1.67. The van der Waals surface area contributed by atoms with Gasteiger partial charge in [0.05, 0.1) is 17.6 Å². The average Bonchev–Trinajstić information content (AvgIpc) is 2.28. The van der Waals surface area contributed by atoms with Crippen LogP contribution in [0.3, 0.4) is 0 Å². The van der Waals surface area contributed by atoms with Crippen LogP contribution in [0.1, 0.15) is 10.4 Å². The Labute approximate surface area is 96.4 Å². The van der Waals surface area contributed by atoms with Crippen molar-refractivity contribution in [3.8, 4) is 5.75 Å². The number of phenolic OH excluding ortho intramolecular Hbond substituents is 1. The van der Waals surface area contributed by atoms with E-state index in [1.165, 1.54) is 25.4 Å². The van der Waals surface area contributed by atoms with E-state index < -0.39 is 5.97 Å². The van der Waals surface area contributed by atoms with Gasteiger partial charge >= 0.3 is 5.97 Å². The molecule has 2 rings (SSSR count). The summed E-state index contributed by atoms with van der Waals surface area (Å²) in [7, 11) is 1.25. The minimum atomic E-state index is -0.612. The van der Waals surface area contributed by atoms with Crippen molar-refractivity contribution in [2.45, 2.75) is 0 Å². The number of benzene rings is 1. The molecule has 0 spiro atoms. The first-order chi connectivity index (χ1) is 7.63. The van der Waals surface area contributed by atoms with Gasteiger partial charge in [-0.05, 0) is 12.1 Å². The quantitative estimate of drug-likeness (QED) is 0.774. The van der Waals surface area contributed by atoms with Crippen molar-refractivity contribution in [3.63, 3.8) is 0 Å². The second kappa shape index (κ2) is 3.98. The zero-order valence-electron chi connectivity index (χ0n) is 8.40. The molecule has 1 aromatic heterocycles. The Hall–Kier alpha value is -1.81. The van der Waals surface area contributed by atoms with Crippen molar-refractivity contribution in [1.82, 2.24) is 4.98 Å². The smallest absolute Gasteiger partial charge is 0.341 e. The van der Waals surface area contributed by atoms with Gasteiger partial charge in [0.1, 0.15) is 11.3 Å². The first-order valence-corrected chi connectivity index (χ1v) is 4.87. The van der Waals surface area contributed by atoms with Crippen LogP contribution in [0, 0.1) is 0 Å². The number of ether oxygens (including phenoxy) is 1. The number of aromatic hydroxyl groups is 1. The highest BCUT2D eigenvalue weighted by Crippen LogP contribution is 2.28. The Balaban J connectivity index is 2.74. The van der Waals surface area contributed by atoms with Crippen LogP contribution >= 0.6 is 11.6 Å². The first-order valence-electron chi connectivity index (χ1n) is 4.49. The van der Waals surface area contributed by atoms with Gasteiger partial charge < -0.3 is 9.84 Å². The molecule has 82 valence electrons. The number of aromatic nitrogens is 1. The van der Waals surface area contributed by atoms with Crippen LogP contribution in [0.25, 0.3) is 10.9 Å². The maximum atomic E-state index is 11.3. The number of rotatable bonds is 1. The van der Waals surface area contributed by atoms with Gasteiger partial charge in [-0.2, -0.15) is 0 Å². The summed E-state index contributed by atoms with van der Waals surface area (Å²) < 4.78 is 4.54. The molecule has 0 aliphatic heterocycles. The van der Waals surface area contributed by atoms with E-state index in [2.05, 4.69) is 9.72 Å². The number of carbonyl (C=O) groups is 1. The van der Waals surface area contributed by atoms with Gasteiger partial charge in [-0.15, -0.1) is 0 Å². The highest BCUT2D eigenvalue weighted by Gasteiger charge is 2.14. The molecule has 0 fully saturated rings. The predicted molar refractivity (Wildman–Crippen MR) is 59.8 cm³/mol. The molecule has 1 N–H and O–H groups in total. The predicted octanol–water partition coefficient (Wildman–Crippen LogP) is 2.38. The summed E-state index contributed by atoms with van der Waals surface area (Å²) >= 11 is 5.96. The molecule has 5 heteroatoms. The molecule has 1 aromatic carbocycles. The van der Waals surface area contributed by atoms with E-state index in [9.17, 15) is 9.90 Å². The Morgan fingerprint density at radius 3 is 2.94 bits per heavy atom. The van der Waals surface area contributed by atoms with Crippen LogP contribution in [0.4, 0.5) is 0 Å². The standard InChI is InChI=1S/C11H8ClNO3/c1-16-11(15)7-4-6-8(12)2-3-13-9(6)5-10(7)14/h2-5,14H,1H3. The molecule has 4 nitrogen and oxygen atoms in total. The normalized spacial score (nSPS) is 10.4. The SMILES string of the molecule is COC(=O)c1cc2c(Cl)ccnc2cc1O. The van der Waals surface area contributed by atoms with Gasteiger partial charge in [0, 0.05) is 17.6 Å². The van der Waals surface area contributed by atoms with Crippen molar-refractivity contribution >= 4 is 28.5 Å². The zero-order chi connectivity index (χ0) is 11.7. The lowest BCUT2D eigenvalue weighted by molar-refractivity contribution is 0.0597. The fourth-order valence-electron chi connectivity index (χ4n) is 1.42. The zero-order valence-corrected chi connectivity index (χ0v) is 9.15. The van der Waals surface area contributed by atoms with E-state index in [1.807, 2.05) is 0 Å². The van der Waals surface area contributed by atoms with E-state index >= 15 is 0 Å². The van der Waals surface area contributed by atoms with Crippen LogP contribution in [0.15, 0.2) is 24.4 Å². The van der Waals surface area contributed by atoms with Crippen LogP contribution in [-0.4, -0.2) is 23.2 Å². The fraction of sp³-hybridized carbons (Fsp3) is 0.0909. The number of hydrogen-bond acceptors (Lipinski definition) is 4. The number of carbonyl (C=O) groups excluding carboxylic acids is 1. The summed E-state index contributed by atoms with van der Waals surface area (Å²) in [5.74, 6) is -0.784. The summed E-state index contributed by atoms with van der Waals surface area (Å²) in [6.45, 7) is 0. The number of fused-ring (bicyclic) bond motifs is 1. The molecule has 0 bridgehead atoms. The molecule has 0 aliphatic carbocycles. The molecular weight excluding hydrogens is 230 g/mol. The molecule has 1 heterocycles. The van der Waals surface area contributed by atoms with Gasteiger partial charge in [0.15, 0.2) is 0 Å². The minimum absolute atomic E-state index is 0.0740. The summed E-state index contributed by atoms with van der Waals surface area (Å²) in [4.78, 5) is 15.4. The summed E-state index contributed by atoms with van der Waals surface area (Å²) in [5.41, 5.74) is 0.600. The van der Waals surface area contributed by atoms with Gasteiger partial charge in [0.25, 0.3) is 0 Å². The van der Waals surface area contributed by atoms with Gasteiger partial charge in [-0.1, -0.05) is 11.6 Å². The number of halogens is 1. The summed E-state index contributed by atoms with van der Waals surface area (Å²) in [6.07, 6.45) is 1.53. The lowest BCUT2D eigenvalue weighted by atomic mass is 10.1. The third-order valence-corrected chi connectivity index (χ3v) is 2.54. The molecule has 0 unspecified atom stereocenters. The minimum Gasteiger partial charge on any atom is -0.507 e. The summed E-state index contributed by atoms with van der Waals surface area (Å²) in [6, 6.07) is 4.46. The lowest BCUT2D eigenvalue weighted by Gasteiger charge is -2.05. The number of nitrogens with zero attached hydrogens (tertiary/aromatic N) is 1. The molecule has 16 heavy (non-hydrogen) atoms. The van der Waals surface area contributed by atoms with Crippen LogP contribution in [0.2, 0.25) is 5.02 Å². The van der Waals surface area contributed by atoms with Crippen molar-refractivity contribution in [2.75, 3.05) is 7.11 Å². The number of pyridine rings is 1. The number of esters is 1. The number of phenols is 1.